The number of pyridine rings is 1. The summed E-state index contributed by atoms with van der Waals surface area (Å²) in [6.45, 7) is 1.22. The van der Waals surface area contributed by atoms with Gasteiger partial charge in [-0.25, -0.2) is 4.39 Å². The van der Waals surface area contributed by atoms with Crippen LogP contribution in [0.4, 0.5) is 10.1 Å². The minimum atomic E-state index is -1.04. The summed E-state index contributed by atoms with van der Waals surface area (Å²) in [6, 6.07) is 8.09. The summed E-state index contributed by atoms with van der Waals surface area (Å²) in [4.78, 5) is 6.86. The van der Waals surface area contributed by atoms with Gasteiger partial charge in [0.2, 0.25) is 0 Å². The van der Waals surface area contributed by atoms with Crippen molar-refractivity contribution in [2.45, 2.75) is 31.0 Å². The van der Waals surface area contributed by atoms with Crippen molar-refractivity contribution in [2.75, 3.05) is 18.2 Å². The molecule has 4 rings (SSSR count). The molecule has 2 aromatic rings. The van der Waals surface area contributed by atoms with E-state index in [-0.39, 0.29) is 6.04 Å². The van der Waals surface area contributed by atoms with Gasteiger partial charge in [-0.1, -0.05) is 6.07 Å². The number of halogens is 3. The molecular weight excluding hydrogens is 541 g/mol. The normalized spacial score (nSPS) is 21.2. The molecule has 1 fully saturated rings. The van der Waals surface area contributed by atoms with Crippen LogP contribution in [-0.4, -0.2) is 34.9 Å². The van der Waals surface area contributed by atoms with Crippen molar-refractivity contribution in [3.63, 3.8) is 0 Å². The lowest BCUT2D eigenvalue weighted by Crippen LogP contribution is -2.41. The maximum atomic E-state index is 14.6. The monoisotopic (exact) mass is 560 g/mol. The fraction of sp³-hybridized carbons (Fsp3) is 0.368. The van der Waals surface area contributed by atoms with Crippen molar-refractivity contribution in [2.24, 2.45) is 0 Å². The summed E-state index contributed by atoms with van der Waals surface area (Å²) >= 11 is 5.75. The van der Waals surface area contributed by atoms with Gasteiger partial charge in [-0.2, -0.15) is 0 Å². The van der Waals surface area contributed by atoms with Gasteiger partial charge in [0.1, 0.15) is 5.67 Å². The lowest BCUT2D eigenvalue weighted by Gasteiger charge is -2.38. The summed E-state index contributed by atoms with van der Waals surface area (Å²) < 4.78 is 15.5. The number of nitrogens with one attached hydrogen (secondary N) is 2. The van der Waals surface area contributed by atoms with Gasteiger partial charge in [-0.05, 0) is 86.6 Å². The third kappa shape index (κ3) is 4.07. The van der Waals surface area contributed by atoms with Gasteiger partial charge in [-0.3, -0.25) is 9.88 Å². The van der Waals surface area contributed by atoms with Crippen molar-refractivity contribution < 1.29 is 4.39 Å². The van der Waals surface area contributed by atoms with Crippen LogP contribution in [0.3, 0.4) is 0 Å². The lowest BCUT2D eigenvalue weighted by molar-refractivity contribution is 0.138. The lowest BCUT2D eigenvalue weighted by atomic mass is 9.86. The Hall–Kier alpha value is -0.630. The van der Waals surface area contributed by atoms with Crippen LogP contribution in [0.2, 0.25) is 0 Å². The van der Waals surface area contributed by atoms with Crippen molar-refractivity contribution in [1.82, 2.24) is 9.88 Å². The average Bonchev–Trinajstić information content (AvgIpc) is 3.39. The number of hydrogen-bond donors (Lipinski definition) is 2. The highest BCUT2D eigenvalue weighted by Gasteiger charge is 2.46. The minimum absolute atomic E-state index is 0.0788. The second kappa shape index (κ2) is 8.01. The molecule has 2 atom stereocenters. The number of rotatable bonds is 6. The number of fused-ring (bicyclic) bond motifs is 1. The number of nitrogens with zero attached hydrogens (tertiary/aromatic N) is 2. The molecule has 4 nitrogen and oxygen atoms in total. The fourth-order valence-electron chi connectivity index (χ4n) is 3.85. The molecular formula is C19H20BrFIN4P. The van der Waals surface area contributed by atoms with E-state index in [9.17, 15) is 4.39 Å². The van der Waals surface area contributed by atoms with E-state index in [2.05, 4.69) is 59.0 Å². The summed E-state index contributed by atoms with van der Waals surface area (Å²) in [5.41, 5.74) is 4.15. The van der Waals surface area contributed by atoms with E-state index in [1.54, 1.807) is 6.20 Å². The molecule has 27 heavy (non-hydrogen) atoms. The van der Waals surface area contributed by atoms with Gasteiger partial charge in [0.25, 0.3) is 0 Å². The number of aromatic nitrogens is 1. The van der Waals surface area contributed by atoms with Crippen LogP contribution in [0.1, 0.15) is 41.3 Å². The summed E-state index contributed by atoms with van der Waals surface area (Å²) in [5.74, 6) is 0. The highest BCUT2D eigenvalue weighted by molar-refractivity contribution is 14.2. The SMILES string of the molecule is N=Cc1c(NPI)ccc2c1CCN(CC1(F)CC1)C2c1ccc(Br)cn1. The van der Waals surface area contributed by atoms with Crippen LogP contribution in [-0.2, 0) is 6.42 Å². The Kier molecular flexibility index (Phi) is 5.84. The van der Waals surface area contributed by atoms with Gasteiger partial charge in [0.05, 0.1) is 11.7 Å². The Balaban J connectivity index is 1.80. The van der Waals surface area contributed by atoms with Crippen LogP contribution in [0.5, 0.6) is 0 Å². The molecule has 142 valence electrons. The summed E-state index contributed by atoms with van der Waals surface area (Å²) in [6.07, 6.45) is 5.92. The fourth-order valence-corrected chi connectivity index (χ4v) is 5.27. The van der Waals surface area contributed by atoms with Crippen molar-refractivity contribution in [3.05, 3.63) is 57.3 Å². The number of alkyl halides is 1. The van der Waals surface area contributed by atoms with Gasteiger partial charge in [-0.15, -0.1) is 0 Å². The first-order valence-electron chi connectivity index (χ1n) is 8.87. The molecule has 0 saturated heterocycles. The van der Waals surface area contributed by atoms with E-state index in [1.165, 1.54) is 11.8 Å². The zero-order chi connectivity index (χ0) is 19.0. The van der Waals surface area contributed by atoms with E-state index in [0.717, 1.165) is 39.9 Å². The molecule has 2 N–H and O–H groups in total. The van der Waals surface area contributed by atoms with Gasteiger partial charge in [0, 0.05) is 47.6 Å². The molecule has 0 radical (unpaired) electrons. The molecule has 0 bridgehead atoms. The van der Waals surface area contributed by atoms with E-state index >= 15 is 0 Å². The number of hydrogen-bond acceptors (Lipinski definition) is 4. The first kappa shape index (κ1) is 19.7. The first-order chi connectivity index (χ1) is 13.0. The quantitative estimate of drug-likeness (QED) is 0.273. The number of benzene rings is 1. The van der Waals surface area contributed by atoms with E-state index in [4.69, 9.17) is 5.41 Å². The highest BCUT2D eigenvalue weighted by Crippen LogP contribution is 2.45. The van der Waals surface area contributed by atoms with Gasteiger partial charge in [0.15, 0.2) is 0 Å². The van der Waals surface area contributed by atoms with Gasteiger partial charge < -0.3 is 10.5 Å². The number of anilines is 1. The smallest absolute Gasteiger partial charge is 0.123 e. The second-order valence-corrected chi connectivity index (χ2v) is 10.1. The molecule has 1 aliphatic carbocycles. The Morgan fingerprint density at radius 2 is 2.22 bits per heavy atom. The molecule has 1 aliphatic heterocycles. The largest absolute Gasteiger partial charge is 0.358 e. The Morgan fingerprint density at radius 1 is 1.41 bits per heavy atom. The predicted molar refractivity (Wildman–Crippen MR) is 122 cm³/mol. The third-order valence-electron chi connectivity index (χ3n) is 5.34. The molecule has 1 saturated carbocycles. The Bertz CT molecular complexity index is 860. The molecule has 0 amide bonds. The summed E-state index contributed by atoms with van der Waals surface area (Å²) in [7, 11) is 0. The average molecular weight is 561 g/mol. The Labute approximate surface area is 181 Å². The molecule has 2 aliphatic rings. The zero-order valence-corrected chi connectivity index (χ0v) is 19.3. The summed E-state index contributed by atoms with van der Waals surface area (Å²) in [5, 5.41) is 11.3. The second-order valence-electron chi connectivity index (χ2n) is 7.13. The topological polar surface area (TPSA) is 52.0 Å². The van der Waals surface area contributed by atoms with Crippen LogP contribution in [0, 0.1) is 5.41 Å². The van der Waals surface area contributed by atoms with Crippen LogP contribution in [0.25, 0.3) is 0 Å². The molecule has 0 spiro atoms. The first-order valence-corrected chi connectivity index (χ1v) is 13.8. The van der Waals surface area contributed by atoms with Crippen LogP contribution < -0.4 is 5.09 Å². The zero-order valence-electron chi connectivity index (χ0n) is 14.6. The van der Waals surface area contributed by atoms with E-state index in [1.807, 2.05) is 18.2 Å². The van der Waals surface area contributed by atoms with E-state index in [0.29, 0.717) is 25.8 Å². The van der Waals surface area contributed by atoms with Crippen LogP contribution in [0.15, 0.2) is 34.9 Å². The van der Waals surface area contributed by atoms with E-state index < -0.39 is 5.67 Å². The molecule has 1 aromatic carbocycles. The maximum absolute atomic E-state index is 14.6. The van der Waals surface area contributed by atoms with Crippen molar-refractivity contribution >= 4 is 56.2 Å². The highest BCUT2D eigenvalue weighted by atomic mass is 127. The standard InChI is InChI=1S/C19H20BrFIN4P/c20-12-1-3-17(24-10-12)18-14-2-4-16(25-27-22)15(9-23)13(14)5-8-26(18)11-19(21)6-7-19/h1-4,9-10,18,23,25,27H,5-8,11H2. The maximum Gasteiger partial charge on any atom is 0.123 e. The van der Waals surface area contributed by atoms with Gasteiger partial charge >= 0.3 is 0 Å². The third-order valence-corrected chi connectivity index (χ3v) is 6.98. The molecule has 1 aromatic heterocycles. The minimum Gasteiger partial charge on any atom is -0.358 e. The van der Waals surface area contributed by atoms with Crippen molar-refractivity contribution in [1.29, 1.82) is 5.41 Å². The molecule has 2 heterocycles. The van der Waals surface area contributed by atoms with Crippen LogP contribution >= 0.6 is 44.3 Å². The molecule has 2 unspecified atom stereocenters. The van der Waals surface area contributed by atoms with Crippen molar-refractivity contribution in [3.8, 4) is 0 Å². The predicted octanol–water partition coefficient (Wildman–Crippen LogP) is 5.65. The molecule has 8 heteroatoms. The Morgan fingerprint density at radius 3 is 2.85 bits per heavy atom.